The van der Waals surface area contributed by atoms with Crippen molar-refractivity contribution in [3.8, 4) is 5.75 Å². The van der Waals surface area contributed by atoms with Gasteiger partial charge in [0.05, 0.1) is 41.1 Å². The summed E-state index contributed by atoms with van der Waals surface area (Å²) in [5.74, 6) is -1.01. The highest BCUT2D eigenvalue weighted by Gasteiger charge is 2.45. The summed E-state index contributed by atoms with van der Waals surface area (Å²) in [4.78, 5) is 65.3. The van der Waals surface area contributed by atoms with Crippen LogP contribution in [0.3, 0.4) is 0 Å². The van der Waals surface area contributed by atoms with Gasteiger partial charge in [0.15, 0.2) is 5.82 Å². The number of hydrogen-bond acceptors (Lipinski definition) is 14. The van der Waals surface area contributed by atoms with Gasteiger partial charge < -0.3 is 29.3 Å². The van der Waals surface area contributed by atoms with Gasteiger partial charge >= 0.3 is 7.60 Å². The highest BCUT2D eigenvalue weighted by atomic mass is 79.9. The SMILES string of the molecule is COc1cc(N2CCC(N(C)Cc3cc4c(cc3Br)C(=O)N(C3CCC(=O)NC3=O)C4=O)CC2)ccc1Nc1ncc(Cl)c(Nc2ccccc2P(=O)(OC)OC)n1. The Labute approximate surface area is 348 Å². The monoisotopic (exact) mass is 894 g/mol. The number of methoxy groups -OCH3 is 1. The van der Waals surface area contributed by atoms with E-state index < -0.39 is 37.3 Å². The number of imide groups is 2. The van der Waals surface area contributed by atoms with Gasteiger partial charge in [0.2, 0.25) is 17.8 Å². The van der Waals surface area contributed by atoms with Crippen LogP contribution in [0, 0.1) is 0 Å². The topological polar surface area (TPSA) is 185 Å². The van der Waals surface area contributed by atoms with Crippen molar-refractivity contribution in [2.75, 3.05) is 57.0 Å². The number of piperidine rings is 2. The van der Waals surface area contributed by atoms with E-state index in [1.165, 1.54) is 20.4 Å². The molecule has 19 heteroatoms. The van der Waals surface area contributed by atoms with Crippen LogP contribution in [0.1, 0.15) is 52.0 Å². The Bertz CT molecular complexity index is 2340. The van der Waals surface area contributed by atoms with Gasteiger partial charge in [0.25, 0.3) is 11.8 Å². The molecule has 7 rings (SSSR count). The minimum atomic E-state index is -3.58. The molecule has 2 fully saturated rings. The fourth-order valence-corrected chi connectivity index (χ4v) is 9.30. The van der Waals surface area contributed by atoms with Crippen LogP contribution >= 0.6 is 35.1 Å². The summed E-state index contributed by atoms with van der Waals surface area (Å²) >= 11 is 10.1. The third kappa shape index (κ3) is 8.20. The van der Waals surface area contributed by atoms with E-state index in [4.69, 9.17) is 25.4 Å². The van der Waals surface area contributed by atoms with Crippen LogP contribution in [0.5, 0.6) is 5.75 Å². The smallest absolute Gasteiger partial charge is 0.362 e. The van der Waals surface area contributed by atoms with E-state index in [-0.39, 0.29) is 46.8 Å². The molecule has 1 atom stereocenters. The number of carbonyl (C=O) groups is 4. The predicted molar refractivity (Wildman–Crippen MR) is 222 cm³/mol. The number of para-hydroxylation sites is 1. The van der Waals surface area contributed by atoms with E-state index in [9.17, 15) is 23.7 Å². The minimum Gasteiger partial charge on any atom is -0.494 e. The molecule has 3 aliphatic heterocycles. The van der Waals surface area contributed by atoms with Crippen molar-refractivity contribution in [3.05, 3.63) is 87.0 Å². The number of anilines is 5. The van der Waals surface area contributed by atoms with Gasteiger partial charge in [-0.25, -0.2) is 4.98 Å². The number of rotatable bonds is 13. The van der Waals surface area contributed by atoms with Crippen molar-refractivity contribution in [1.29, 1.82) is 0 Å². The molecule has 3 N–H and O–H groups in total. The number of halogens is 2. The van der Waals surface area contributed by atoms with Gasteiger partial charge in [0, 0.05) is 62.5 Å². The lowest BCUT2D eigenvalue weighted by Crippen LogP contribution is -2.54. The van der Waals surface area contributed by atoms with Crippen molar-refractivity contribution in [2.45, 2.75) is 44.3 Å². The number of nitrogens with zero attached hydrogens (tertiary/aromatic N) is 5. The number of fused-ring (bicyclic) bond motifs is 1. The maximum absolute atomic E-state index is 13.4. The van der Waals surface area contributed by atoms with E-state index in [2.05, 4.69) is 51.6 Å². The maximum Gasteiger partial charge on any atom is 0.362 e. The summed E-state index contributed by atoms with van der Waals surface area (Å²) in [6, 6.07) is 15.3. The van der Waals surface area contributed by atoms with Crippen LogP contribution in [0.4, 0.5) is 28.8 Å². The molecule has 0 saturated carbocycles. The fraction of sp³-hybridized carbons (Fsp3) is 0.333. The predicted octanol–water partition coefficient (Wildman–Crippen LogP) is 6.00. The molecule has 4 aromatic rings. The van der Waals surface area contributed by atoms with Crippen LogP contribution in [-0.2, 0) is 29.7 Å². The Morgan fingerprint density at radius 2 is 1.66 bits per heavy atom. The van der Waals surface area contributed by atoms with E-state index in [1.54, 1.807) is 43.5 Å². The molecule has 2 saturated heterocycles. The number of hydrogen-bond donors (Lipinski definition) is 3. The average molecular weight is 896 g/mol. The number of carbonyl (C=O) groups excluding carboxylic acids is 4. The van der Waals surface area contributed by atoms with Crippen molar-refractivity contribution in [1.82, 2.24) is 25.1 Å². The normalized spacial score (nSPS) is 17.5. The molecule has 58 heavy (non-hydrogen) atoms. The van der Waals surface area contributed by atoms with Crippen LogP contribution in [-0.4, -0.2) is 96.9 Å². The van der Waals surface area contributed by atoms with E-state index >= 15 is 0 Å². The molecular weight excluding hydrogens is 855 g/mol. The first-order valence-corrected chi connectivity index (χ1v) is 21.1. The molecule has 4 heterocycles. The van der Waals surface area contributed by atoms with E-state index in [0.717, 1.165) is 42.1 Å². The number of amides is 4. The molecule has 304 valence electrons. The zero-order valence-corrected chi connectivity index (χ0v) is 35.3. The first-order chi connectivity index (χ1) is 27.8. The zero-order valence-electron chi connectivity index (χ0n) is 32.1. The molecule has 4 amide bonds. The molecule has 0 bridgehead atoms. The lowest BCUT2D eigenvalue weighted by molar-refractivity contribution is -0.136. The van der Waals surface area contributed by atoms with Gasteiger partial charge in [0.1, 0.15) is 16.8 Å². The van der Waals surface area contributed by atoms with Crippen LogP contribution in [0.25, 0.3) is 0 Å². The number of nitrogens with one attached hydrogen (secondary N) is 3. The summed E-state index contributed by atoms with van der Waals surface area (Å²) in [6.45, 7) is 2.12. The molecule has 0 aliphatic carbocycles. The number of aromatic nitrogens is 2. The van der Waals surface area contributed by atoms with Crippen molar-refractivity contribution < 1.29 is 37.5 Å². The van der Waals surface area contributed by atoms with Gasteiger partial charge in [-0.05, 0) is 68.3 Å². The quantitative estimate of drug-likeness (QED) is 0.105. The van der Waals surface area contributed by atoms with Gasteiger partial charge in [-0.1, -0.05) is 39.7 Å². The molecule has 3 aromatic carbocycles. The summed E-state index contributed by atoms with van der Waals surface area (Å²) in [6.07, 6.45) is 3.38. The molecule has 16 nitrogen and oxygen atoms in total. The van der Waals surface area contributed by atoms with Crippen molar-refractivity contribution in [2.24, 2.45) is 0 Å². The van der Waals surface area contributed by atoms with Crippen LogP contribution in [0.2, 0.25) is 5.02 Å². The summed E-state index contributed by atoms with van der Waals surface area (Å²) < 4.78 is 30.1. The zero-order chi connectivity index (χ0) is 41.3. The Kier molecular flexibility index (Phi) is 12.2. The molecule has 0 radical (unpaired) electrons. The second kappa shape index (κ2) is 17.1. The minimum absolute atomic E-state index is 0.0635. The standard InChI is InChI=1S/C39H41BrClN8O8P/c1-47(21-22-17-25-26(19-27(22)40)38(53)49(37(25)52)31-11-12-34(50)45-36(31)51)23-13-15-48(16-14-23)24-9-10-29(32(18-24)55-2)44-39-42-20-28(41)35(46-39)43-30-7-5-6-8-33(30)58(54,56-3)57-4/h5-10,17-20,23,31H,11-16,21H2,1-4H3,(H,45,50,51)(H2,42,43,44,46). The summed E-state index contributed by atoms with van der Waals surface area (Å²) in [5.41, 5.74) is 3.42. The van der Waals surface area contributed by atoms with Gasteiger partial charge in [-0.2, -0.15) is 4.98 Å². The van der Waals surface area contributed by atoms with Crippen molar-refractivity contribution >= 4 is 92.9 Å². The molecule has 0 spiro atoms. The Morgan fingerprint density at radius 1 is 0.948 bits per heavy atom. The first kappa shape index (κ1) is 41.3. The molecular formula is C39H41BrClN8O8P. The van der Waals surface area contributed by atoms with Gasteiger partial charge in [-0.15, -0.1) is 0 Å². The van der Waals surface area contributed by atoms with Crippen LogP contribution < -0.4 is 30.9 Å². The molecule has 1 aromatic heterocycles. The lowest BCUT2D eigenvalue weighted by Gasteiger charge is -2.38. The summed E-state index contributed by atoms with van der Waals surface area (Å²) in [7, 11) is 2.69. The lowest BCUT2D eigenvalue weighted by atomic mass is 10.0. The van der Waals surface area contributed by atoms with E-state index in [0.29, 0.717) is 33.4 Å². The number of ether oxygens (including phenoxy) is 1. The van der Waals surface area contributed by atoms with Gasteiger partial charge in [-0.3, -0.25) is 38.9 Å². The Balaban J connectivity index is 0.983. The number of benzene rings is 3. The first-order valence-electron chi connectivity index (χ1n) is 18.4. The van der Waals surface area contributed by atoms with Crippen molar-refractivity contribution in [3.63, 3.8) is 0 Å². The third-order valence-electron chi connectivity index (χ3n) is 10.6. The van der Waals surface area contributed by atoms with E-state index in [1.807, 2.05) is 25.2 Å². The maximum atomic E-state index is 13.4. The summed E-state index contributed by atoms with van der Waals surface area (Å²) in [5, 5.41) is 9.14. The fourth-order valence-electron chi connectivity index (χ4n) is 7.45. The Hall–Kier alpha value is -4.90. The third-order valence-corrected chi connectivity index (χ3v) is 13.5. The van der Waals surface area contributed by atoms with Crippen LogP contribution in [0.15, 0.2) is 65.3 Å². The highest BCUT2D eigenvalue weighted by Crippen LogP contribution is 2.47. The second-order valence-corrected chi connectivity index (χ2v) is 17.4. The molecule has 1 unspecified atom stereocenters. The average Bonchev–Trinajstić information content (AvgIpc) is 3.46. The second-order valence-electron chi connectivity index (χ2n) is 14.0. The highest BCUT2D eigenvalue weighted by molar-refractivity contribution is 9.10. The Morgan fingerprint density at radius 3 is 2.34 bits per heavy atom. The largest absolute Gasteiger partial charge is 0.494 e. The molecule has 3 aliphatic rings.